The Kier molecular flexibility index (Phi) is 7.91. The number of hydrogen-bond acceptors (Lipinski definition) is 6. The van der Waals surface area contributed by atoms with Gasteiger partial charge in [-0.05, 0) is 41.3 Å². The van der Waals surface area contributed by atoms with Gasteiger partial charge in [0.05, 0.1) is 12.0 Å². The van der Waals surface area contributed by atoms with Gasteiger partial charge < -0.3 is 5.11 Å². The predicted molar refractivity (Wildman–Crippen MR) is 148 cm³/mol. The highest BCUT2D eigenvalue weighted by molar-refractivity contribution is 9.10. The number of benzene rings is 3. The smallest absolute Gasteiger partial charge is 0.250 e. The van der Waals surface area contributed by atoms with Crippen molar-refractivity contribution in [2.45, 2.75) is 31.3 Å². The van der Waals surface area contributed by atoms with Gasteiger partial charge in [-0.2, -0.15) is 5.10 Å². The van der Waals surface area contributed by atoms with Gasteiger partial charge in [0.1, 0.15) is 5.75 Å². The second-order valence-corrected chi connectivity index (χ2v) is 10.9. The van der Waals surface area contributed by atoms with Crippen LogP contribution in [0.5, 0.6) is 5.75 Å². The van der Waals surface area contributed by atoms with Gasteiger partial charge in [0.2, 0.25) is 0 Å². The first-order valence-corrected chi connectivity index (χ1v) is 13.1. The van der Waals surface area contributed by atoms with Crippen LogP contribution in [0.25, 0.3) is 17.1 Å². The van der Waals surface area contributed by atoms with Crippen LogP contribution in [0.4, 0.5) is 0 Å². The van der Waals surface area contributed by atoms with Gasteiger partial charge >= 0.3 is 0 Å². The molecule has 0 fully saturated rings. The molecule has 0 aliphatic heterocycles. The average molecular weight is 565 g/mol. The van der Waals surface area contributed by atoms with E-state index in [1.807, 2.05) is 34.9 Å². The number of phenols is 1. The quantitative estimate of drug-likeness (QED) is 0.165. The van der Waals surface area contributed by atoms with Crippen LogP contribution in [0.2, 0.25) is 0 Å². The van der Waals surface area contributed by atoms with E-state index < -0.39 is 0 Å². The summed E-state index contributed by atoms with van der Waals surface area (Å²) < 4.78 is 2.75. The molecule has 2 N–H and O–H groups in total. The normalized spacial score (nSPS) is 11.7. The van der Waals surface area contributed by atoms with Crippen molar-refractivity contribution in [1.29, 1.82) is 0 Å². The molecule has 4 aromatic rings. The number of phenolic OH excluding ortho intramolecular Hbond substituents is 1. The Morgan fingerprint density at radius 2 is 1.81 bits per heavy atom. The Morgan fingerprint density at radius 1 is 1.08 bits per heavy atom. The molecule has 0 saturated carbocycles. The standard InChI is InChI=1S/C27H26BrN5O2S/c1-27(2,3)20-11-9-18(10-12-20)25-31-32-26(33(25)22-7-5-4-6-8-22)36-17-24(35)30-29-16-19-15-21(28)13-14-23(19)34/h4-16,34H,17H2,1-3H3,(H,30,35). The van der Waals surface area contributed by atoms with Crippen molar-refractivity contribution in [2.75, 3.05) is 5.75 Å². The summed E-state index contributed by atoms with van der Waals surface area (Å²) in [5, 5.41) is 23.3. The number of para-hydroxylation sites is 1. The molecule has 0 aliphatic carbocycles. The van der Waals surface area contributed by atoms with Crippen LogP contribution in [0.3, 0.4) is 0 Å². The highest BCUT2D eigenvalue weighted by Gasteiger charge is 2.19. The number of aromatic nitrogens is 3. The van der Waals surface area contributed by atoms with E-state index in [9.17, 15) is 9.90 Å². The van der Waals surface area contributed by atoms with E-state index in [1.54, 1.807) is 18.2 Å². The molecular formula is C27H26BrN5O2S. The van der Waals surface area contributed by atoms with Crippen LogP contribution in [0.15, 0.2) is 87.5 Å². The molecule has 1 amide bonds. The minimum Gasteiger partial charge on any atom is -0.507 e. The first-order valence-electron chi connectivity index (χ1n) is 11.3. The van der Waals surface area contributed by atoms with Gasteiger partial charge in [0.25, 0.3) is 5.91 Å². The van der Waals surface area contributed by atoms with Crippen molar-refractivity contribution in [1.82, 2.24) is 20.2 Å². The summed E-state index contributed by atoms with van der Waals surface area (Å²) >= 11 is 4.62. The first-order chi connectivity index (χ1) is 17.2. The first kappa shape index (κ1) is 25.7. The molecular weight excluding hydrogens is 538 g/mol. The summed E-state index contributed by atoms with van der Waals surface area (Å²) in [4.78, 5) is 12.4. The van der Waals surface area contributed by atoms with E-state index in [1.165, 1.54) is 23.5 Å². The molecule has 4 rings (SSSR count). The summed E-state index contributed by atoms with van der Waals surface area (Å²) in [6.45, 7) is 6.54. The van der Waals surface area contributed by atoms with E-state index in [0.29, 0.717) is 16.5 Å². The second-order valence-electron chi connectivity index (χ2n) is 9.09. The number of carbonyl (C=O) groups excluding carboxylic acids is 1. The molecule has 0 spiro atoms. The van der Waals surface area contributed by atoms with Gasteiger partial charge in [-0.25, -0.2) is 5.43 Å². The summed E-state index contributed by atoms with van der Waals surface area (Å²) in [5.74, 6) is 0.567. The zero-order valence-electron chi connectivity index (χ0n) is 20.1. The minimum absolute atomic E-state index is 0.0538. The topological polar surface area (TPSA) is 92.4 Å². The Bertz CT molecular complexity index is 1380. The number of hydrazone groups is 1. The zero-order chi connectivity index (χ0) is 25.7. The van der Waals surface area contributed by atoms with Gasteiger partial charge in [0, 0.05) is 21.3 Å². The molecule has 0 saturated heterocycles. The Hall–Kier alpha value is -3.43. The summed E-state index contributed by atoms with van der Waals surface area (Å²) in [5.41, 5.74) is 6.12. The highest BCUT2D eigenvalue weighted by atomic mass is 79.9. The van der Waals surface area contributed by atoms with E-state index in [2.05, 4.69) is 81.7 Å². The third kappa shape index (κ3) is 6.22. The van der Waals surface area contributed by atoms with Crippen LogP contribution >= 0.6 is 27.7 Å². The zero-order valence-corrected chi connectivity index (χ0v) is 22.5. The number of rotatable bonds is 7. The lowest BCUT2D eigenvalue weighted by Gasteiger charge is -2.19. The van der Waals surface area contributed by atoms with Crippen LogP contribution in [-0.4, -0.2) is 37.7 Å². The maximum atomic E-state index is 12.4. The number of amides is 1. The highest BCUT2D eigenvalue weighted by Crippen LogP contribution is 2.30. The van der Waals surface area contributed by atoms with Gasteiger partial charge in [-0.15, -0.1) is 10.2 Å². The fourth-order valence-electron chi connectivity index (χ4n) is 3.44. The predicted octanol–water partition coefficient (Wildman–Crippen LogP) is 5.94. The number of carbonyl (C=O) groups is 1. The third-order valence-corrected chi connectivity index (χ3v) is 6.79. The molecule has 36 heavy (non-hydrogen) atoms. The minimum atomic E-state index is -0.301. The SMILES string of the molecule is CC(C)(C)c1ccc(-c2nnc(SCC(=O)NN=Cc3cc(Br)ccc3O)n2-c2ccccc2)cc1. The van der Waals surface area contributed by atoms with Gasteiger partial charge in [-0.1, -0.05) is 90.9 Å². The Balaban J connectivity index is 1.52. The molecule has 7 nitrogen and oxygen atoms in total. The van der Waals surface area contributed by atoms with Crippen molar-refractivity contribution < 1.29 is 9.90 Å². The summed E-state index contributed by atoms with van der Waals surface area (Å²) in [6, 6.07) is 23.1. The van der Waals surface area contributed by atoms with Crippen LogP contribution in [-0.2, 0) is 10.2 Å². The van der Waals surface area contributed by atoms with Crippen molar-refractivity contribution in [3.63, 3.8) is 0 Å². The molecule has 0 bridgehead atoms. The Morgan fingerprint density at radius 3 is 2.50 bits per heavy atom. The van der Waals surface area contributed by atoms with E-state index in [0.717, 1.165) is 15.7 Å². The molecule has 1 heterocycles. The molecule has 0 atom stereocenters. The summed E-state index contributed by atoms with van der Waals surface area (Å²) in [6.07, 6.45) is 1.40. The van der Waals surface area contributed by atoms with E-state index in [-0.39, 0.29) is 22.8 Å². The van der Waals surface area contributed by atoms with Crippen molar-refractivity contribution >= 4 is 39.8 Å². The molecule has 0 aliphatic rings. The molecule has 0 radical (unpaired) electrons. The van der Waals surface area contributed by atoms with Gasteiger partial charge in [0.15, 0.2) is 11.0 Å². The average Bonchev–Trinajstić information content (AvgIpc) is 3.29. The monoisotopic (exact) mass is 563 g/mol. The van der Waals surface area contributed by atoms with Crippen LogP contribution in [0.1, 0.15) is 31.9 Å². The molecule has 1 aromatic heterocycles. The molecule has 9 heteroatoms. The van der Waals surface area contributed by atoms with Crippen molar-refractivity contribution in [2.24, 2.45) is 5.10 Å². The fourth-order valence-corrected chi connectivity index (χ4v) is 4.57. The van der Waals surface area contributed by atoms with Crippen molar-refractivity contribution in [3.8, 4) is 22.8 Å². The number of hydrogen-bond donors (Lipinski definition) is 2. The second kappa shape index (κ2) is 11.1. The van der Waals surface area contributed by atoms with E-state index in [4.69, 9.17) is 0 Å². The summed E-state index contributed by atoms with van der Waals surface area (Å²) in [7, 11) is 0. The number of thioether (sulfide) groups is 1. The fraction of sp³-hybridized carbons (Fsp3) is 0.185. The lowest BCUT2D eigenvalue weighted by atomic mass is 9.87. The number of nitrogens with one attached hydrogen (secondary N) is 1. The van der Waals surface area contributed by atoms with Crippen molar-refractivity contribution in [3.05, 3.63) is 88.4 Å². The third-order valence-electron chi connectivity index (χ3n) is 5.37. The van der Waals surface area contributed by atoms with Crippen LogP contribution < -0.4 is 5.43 Å². The molecule has 0 unspecified atom stereocenters. The maximum absolute atomic E-state index is 12.4. The number of aromatic hydroxyl groups is 1. The van der Waals surface area contributed by atoms with Crippen LogP contribution in [0, 0.1) is 0 Å². The lowest BCUT2D eigenvalue weighted by molar-refractivity contribution is -0.118. The van der Waals surface area contributed by atoms with E-state index >= 15 is 0 Å². The van der Waals surface area contributed by atoms with Gasteiger partial charge in [-0.3, -0.25) is 9.36 Å². The number of nitrogens with zero attached hydrogens (tertiary/aromatic N) is 4. The number of halogens is 1. The molecule has 184 valence electrons. The lowest BCUT2D eigenvalue weighted by Crippen LogP contribution is -2.20. The maximum Gasteiger partial charge on any atom is 0.250 e. The largest absolute Gasteiger partial charge is 0.507 e. The molecule has 3 aromatic carbocycles. The Labute approximate surface area is 222 Å².